The zero-order chi connectivity index (χ0) is 13.2. The summed E-state index contributed by atoms with van der Waals surface area (Å²) in [4.78, 5) is 11.6. The van der Waals surface area contributed by atoms with Gasteiger partial charge in [-0.3, -0.25) is 0 Å². The molecule has 0 radical (unpaired) electrons. The number of amides is 1. The molecule has 0 rings (SSSR count). The maximum atomic E-state index is 11.6. The van der Waals surface area contributed by atoms with Gasteiger partial charge in [0.15, 0.2) is 0 Å². The van der Waals surface area contributed by atoms with Crippen molar-refractivity contribution in [1.82, 2.24) is 5.32 Å². The van der Waals surface area contributed by atoms with Gasteiger partial charge in [-0.1, -0.05) is 13.8 Å². The second-order valence-corrected chi connectivity index (χ2v) is 6.29. The molecule has 1 amide bonds. The van der Waals surface area contributed by atoms with Gasteiger partial charge in [-0.25, -0.2) is 4.79 Å². The van der Waals surface area contributed by atoms with E-state index in [0.717, 1.165) is 0 Å². The van der Waals surface area contributed by atoms with Crippen molar-refractivity contribution in [3.8, 4) is 0 Å². The van der Waals surface area contributed by atoms with Crippen LogP contribution in [0.2, 0.25) is 0 Å². The van der Waals surface area contributed by atoms with Crippen molar-refractivity contribution in [2.45, 2.75) is 59.6 Å². The maximum absolute atomic E-state index is 11.6. The predicted molar refractivity (Wildman–Crippen MR) is 64.3 cm³/mol. The van der Waals surface area contributed by atoms with Crippen molar-refractivity contribution < 1.29 is 14.6 Å². The number of aliphatic hydroxyl groups excluding tert-OH is 1. The zero-order valence-electron chi connectivity index (χ0n) is 11.5. The number of nitrogens with one attached hydrogen (secondary N) is 1. The molecule has 0 saturated heterocycles. The van der Waals surface area contributed by atoms with Crippen LogP contribution in [0.5, 0.6) is 0 Å². The number of hydrogen-bond donors (Lipinski definition) is 2. The zero-order valence-corrected chi connectivity index (χ0v) is 11.5. The minimum Gasteiger partial charge on any atom is -0.444 e. The summed E-state index contributed by atoms with van der Waals surface area (Å²) >= 11 is 0. The van der Waals surface area contributed by atoms with E-state index < -0.39 is 22.6 Å². The summed E-state index contributed by atoms with van der Waals surface area (Å²) in [7, 11) is 0. The van der Waals surface area contributed by atoms with E-state index in [9.17, 15) is 9.90 Å². The van der Waals surface area contributed by atoms with E-state index in [0.29, 0.717) is 0 Å². The van der Waals surface area contributed by atoms with E-state index >= 15 is 0 Å². The van der Waals surface area contributed by atoms with Crippen molar-refractivity contribution in [3.05, 3.63) is 0 Å². The SMILES string of the molecule is CC(C)(C)OC(=O)NC(C)(C)C(C)(C)CO. The smallest absolute Gasteiger partial charge is 0.408 e. The molecule has 96 valence electrons. The third-order valence-electron chi connectivity index (χ3n) is 2.90. The number of carbonyl (C=O) groups excluding carboxylic acids is 1. The van der Waals surface area contributed by atoms with E-state index in [1.54, 1.807) is 0 Å². The molecule has 2 N–H and O–H groups in total. The van der Waals surface area contributed by atoms with Crippen LogP contribution in [0.25, 0.3) is 0 Å². The molecule has 0 bridgehead atoms. The van der Waals surface area contributed by atoms with E-state index in [1.165, 1.54) is 0 Å². The largest absolute Gasteiger partial charge is 0.444 e. The number of aliphatic hydroxyl groups is 1. The predicted octanol–water partition coefficient (Wildman–Crippen LogP) is 2.31. The Balaban J connectivity index is 4.55. The van der Waals surface area contributed by atoms with Crippen molar-refractivity contribution >= 4 is 6.09 Å². The van der Waals surface area contributed by atoms with Gasteiger partial charge in [0.1, 0.15) is 5.60 Å². The van der Waals surface area contributed by atoms with Crippen LogP contribution >= 0.6 is 0 Å². The first-order chi connectivity index (χ1) is 6.91. The summed E-state index contributed by atoms with van der Waals surface area (Å²) in [6.07, 6.45) is -0.459. The molecule has 16 heavy (non-hydrogen) atoms. The number of alkyl carbamates (subject to hydrolysis) is 1. The van der Waals surface area contributed by atoms with Gasteiger partial charge in [0, 0.05) is 11.0 Å². The molecule has 0 aromatic carbocycles. The molecule has 0 heterocycles. The van der Waals surface area contributed by atoms with Gasteiger partial charge >= 0.3 is 6.09 Å². The molecule has 0 aliphatic rings. The first-order valence-corrected chi connectivity index (χ1v) is 5.53. The third-order valence-corrected chi connectivity index (χ3v) is 2.90. The fourth-order valence-electron chi connectivity index (χ4n) is 0.926. The van der Waals surface area contributed by atoms with Gasteiger partial charge in [-0.15, -0.1) is 0 Å². The van der Waals surface area contributed by atoms with Gasteiger partial charge in [-0.2, -0.15) is 0 Å². The molecule has 0 spiro atoms. The molecular weight excluding hydrogens is 206 g/mol. The fourth-order valence-corrected chi connectivity index (χ4v) is 0.926. The average Bonchev–Trinajstić information content (AvgIpc) is 1.98. The highest BCUT2D eigenvalue weighted by Gasteiger charge is 2.38. The van der Waals surface area contributed by atoms with Crippen LogP contribution in [0.1, 0.15) is 48.5 Å². The Bertz CT molecular complexity index is 251. The molecule has 0 aromatic heterocycles. The Morgan fingerprint density at radius 3 is 1.88 bits per heavy atom. The number of hydrogen-bond acceptors (Lipinski definition) is 3. The van der Waals surface area contributed by atoms with Gasteiger partial charge in [0.2, 0.25) is 0 Å². The standard InChI is InChI=1S/C12H25NO3/c1-10(2,3)16-9(15)13-12(6,7)11(4,5)8-14/h14H,8H2,1-7H3,(H,13,15). The average molecular weight is 231 g/mol. The van der Waals surface area contributed by atoms with Crippen LogP contribution in [-0.2, 0) is 4.74 Å². The van der Waals surface area contributed by atoms with Crippen LogP contribution in [0, 0.1) is 5.41 Å². The van der Waals surface area contributed by atoms with Crippen LogP contribution in [0.4, 0.5) is 4.79 Å². The van der Waals surface area contributed by atoms with Crippen molar-refractivity contribution in [2.24, 2.45) is 5.41 Å². The van der Waals surface area contributed by atoms with Gasteiger partial charge in [0.05, 0.1) is 6.61 Å². The van der Waals surface area contributed by atoms with Crippen molar-refractivity contribution in [2.75, 3.05) is 6.61 Å². The molecule has 0 aromatic rings. The molecule has 0 aliphatic heterocycles. The van der Waals surface area contributed by atoms with E-state index in [-0.39, 0.29) is 6.61 Å². The van der Waals surface area contributed by atoms with Crippen molar-refractivity contribution in [3.63, 3.8) is 0 Å². The summed E-state index contributed by atoms with van der Waals surface area (Å²) in [6, 6.07) is 0. The van der Waals surface area contributed by atoms with Crippen LogP contribution in [-0.4, -0.2) is 28.9 Å². The second kappa shape index (κ2) is 4.62. The summed E-state index contributed by atoms with van der Waals surface area (Å²) in [5.74, 6) is 0. The lowest BCUT2D eigenvalue weighted by atomic mass is 9.75. The highest BCUT2D eigenvalue weighted by Crippen LogP contribution is 2.29. The Morgan fingerprint density at radius 1 is 1.12 bits per heavy atom. The normalized spacial score (nSPS) is 13.5. The molecule has 0 saturated carbocycles. The first kappa shape index (κ1) is 15.2. The van der Waals surface area contributed by atoms with Gasteiger partial charge < -0.3 is 15.2 Å². The lowest BCUT2D eigenvalue weighted by Crippen LogP contribution is -2.56. The molecule has 0 atom stereocenters. The molecule has 4 nitrogen and oxygen atoms in total. The Labute approximate surface area is 98.4 Å². The van der Waals surface area contributed by atoms with E-state index in [4.69, 9.17) is 4.74 Å². The van der Waals surface area contributed by atoms with E-state index in [1.807, 2.05) is 48.5 Å². The monoisotopic (exact) mass is 231 g/mol. The van der Waals surface area contributed by atoms with Crippen molar-refractivity contribution in [1.29, 1.82) is 0 Å². The molecule has 0 aliphatic carbocycles. The lowest BCUT2D eigenvalue weighted by Gasteiger charge is -2.41. The van der Waals surface area contributed by atoms with Crippen LogP contribution < -0.4 is 5.32 Å². The van der Waals surface area contributed by atoms with Gasteiger partial charge in [0.25, 0.3) is 0 Å². The lowest BCUT2D eigenvalue weighted by molar-refractivity contribution is 0.0257. The molecule has 4 heteroatoms. The Kier molecular flexibility index (Phi) is 4.39. The third kappa shape index (κ3) is 4.39. The number of ether oxygens (including phenoxy) is 1. The first-order valence-electron chi connectivity index (χ1n) is 5.53. The maximum Gasteiger partial charge on any atom is 0.408 e. The van der Waals surface area contributed by atoms with Crippen LogP contribution in [0.3, 0.4) is 0 Å². The second-order valence-electron chi connectivity index (χ2n) is 6.29. The summed E-state index contributed by atoms with van der Waals surface area (Å²) < 4.78 is 5.18. The number of rotatable bonds is 3. The summed E-state index contributed by atoms with van der Waals surface area (Å²) in [5.41, 5.74) is -1.46. The van der Waals surface area contributed by atoms with Crippen LogP contribution in [0.15, 0.2) is 0 Å². The van der Waals surface area contributed by atoms with Gasteiger partial charge in [-0.05, 0) is 34.6 Å². The fraction of sp³-hybridized carbons (Fsp3) is 0.917. The minimum atomic E-state index is -0.538. The molecule has 0 unspecified atom stereocenters. The quantitative estimate of drug-likeness (QED) is 0.783. The Hall–Kier alpha value is -0.770. The molecule has 0 fully saturated rings. The Morgan fingerprint density at radius 2 is 1.56 bits per heavy atom. The highest BCUT2D eigenvalue weighted by molar-refractivity contribution is 5.68. The molecular formula is C12H25NO3. The number of carbonyl (C=O) groups is 1. The summed E-state index contributed by atoms with van der Waals surface area (Å²) in [5, 5.41) is 12.1. The van der Waals surface area contributed by atoms with E-state index in [2.05, 4.69) is 5.32 Å². The highest BCUT2D eigenvalue weighted by atomic mass is 16.6. The topological polar surface area (TPSA) is 58.6 Å². The summed E-state index contributed by atoms with van der Waals surface area (Å²) in [6.45, 7) is 13.0. The minimum absolute atomic E-state index is 0.00417.